The predicted molar refractivity (Wildman–Crippen MR) is 191 cm³/mol. The third-order valence-electron chi connectivity index (χ3n) is 7.32. The van der Waals surface area contributed by atoms with Gasteiger partial charge in [0.05, 0.1) is 5.52 Å². The first-order valence-corrected chi connectivity index (χ1v) is 16.2. The van der Waals surface area contributed by atoms with E-state index in [1.807, 2.05) is 6.20 Å². The highest BCUT2D eigenvalue weighted by molar-refractivity contribution is 5.91. The van der Waals surface area contributed by atoms with Gasteiger partial charge in [-0.05, 0) is 78.8 Å². The van der Waals surface area contributed by atoms with Gasteiger partial charge in [0, 0.05) is 42.5 Å². The second-order valence-electron chi connectivity index (χ2n) is 11.4. The van der Waals surface area contributed by atoms with Gasteiger partial charge in [-0.1, -0.05) is 115 Å². The minimum Gasteiger partial charge on any atom is -0.405 e. The Kier molecular flexibility index (Phi) is 16.6. The van der Waals surface area contributed by atoms with Crippen molar-refractivity contribution in [1.29, 1.82) is 0 Å². The van der Waals surface area contributed by atoms with Crippen LogP contribution in [0.2, 0.25) is 0 Å². The smallest absolute Gasteiger partial charge is 0.0725 e. The topological polar surface area (TPSA) is 63.0 Å². The third-order valence-corrected chi connectivity index (χ3v) is 7.32. The van der Waals surface area contributed by atoms with Crippen molar-refractivity contribution >= 4 is 22.2 Å². The van der Waals surface area contributed by atoms with Crippen molar-refractivity contribution in [3.05, 3.63) is 114 Å². The number of anilines is 1. The number of allylic oxidation sites excluding steroid dienone is 3. The standard InChI is InChI=1S/C34H43N3.C3H8.C2H5N/c1-5-28-13-15-31-29(20-26(3)21-30(31)24-28)23-27(4)35-17-10-8-6-7-9-11-18-36-33-16-19-37-34-22-25(2)12-14-32(33)34;1-3-2;1-2-3/h12-16,19-20,22,24,35H,3-11,17-18,21,23H2,1-2H3,(H,36,37);3H2,1-2H3;2H,1,3H2. The summed E-state index contributed by atoms with van der Waals surface area (Å²) in [7, 11) is 0. The van der Waals surface area contributed by atoms with E-state index in [0.717, 1.165) is 43.6 Å². The molecule has 3 aromatic rings. The molecule has 0 saturated heterocycles. The molecule has 0 aliphatic heterocycles. The Hall–Kier alpha value is -3.79. The Morgan fingerprint density at radius 1 is 0.953 bits per heavy atom. The molecule has 2 aromatic carbocycles. The van der Waals surface area contributed by atoms with Gasteiger partial charge in [0.25, 0.3) is 0 Å². The second-order valence-corrected chi connectivity index (χ2v) is 11.4. The number of fused-ring (bicyclic) bond motifs is 2. The molecule has 4 rings (SSSR count). The van der Waals surface area contributed by atoms with Gasteiger partial charge in [0.1, 0.15) is 0 Å². The van der Waals surface area contributed by atoms with Gasteiger partial charge in [-0.15, -0.1) is 0 Å². The lowest BCUT2D eigenvalue weighted by molar-refractivity contribution is 0.587. The molecule has 232 valence electrons. The molecule has 0 bridgehead atoms. The molecule has 0 radical (unpaired) electrons. The summed E-state index contributed by atoms with van der Waals surface area (Å²) in [6.07, 6.45) is 17.1. The van der Waals surface area contributed by atoms with E-state index in [0.29, 0.717) is 0 Å². The molecule has 0 saturated carbocycles. The van der Waals surface area contributed by atoms with Crippen LogP contribution in [0.4, 0.5) is 5.69 Å². The summed E-state index contributed by atoms with van der Waals surface area (Å²) in [5.41, 5.74) is 16.0. The predicted octanol–water partition coefficient (Wildman–Crippen LogP) is 10.1. The minimum absolute atomic E-state index is 0.872. The van der Waals surface area contributed by atoms with E-state index in [4.69, 9.17) is 0 Å². The lowest BCUT2D eigenvalue weighted by Gasteiger charge is -2.21. The summed E-state index contributed by atoms with van der Waals surface area (Å²) in [4.78, 5) is 4.50. The maximum absolute atomic E-state index is 4.61. The van der Waals surface area contributed by atoms with Gasteiger partial charge < -0.3 is 16.4 Å². The van der Waals surface area contributed by atoms with Crippen molar-refractivity contribution in [3.63, 3.8) is 0 Å². The monoisotopic (exact) mass is 580 g/mol. The molecule has 4 N–H and O–H groups in total. The van der Waals surface area contributed by atoms with E-state index >= 15 is 0 Å². The Labute approximate surface area is 262 Å². The fourth-order valence-corrected chi connectivity index (χ4v) is 5.24. The molecule has 1 aromatic heterocycles. The maximum Gasteiger partial charge on any atom is 0.0725 e. The van der Waals surface area contributed by atoms with Crippen LogP contribution in [-0.4, -0.2) is 18.1 Å². The number of unbranched alkanes of at least 4 members (excludes halogenated alkanes) is 5. The molecule has 1 heterocycles. The van der Waals surface area contributed by atoms with Crippen molar-refractivity contribution in [3.8, 4) is 0 Å². The summed E-state index contributed by atoms with van der Waals surface area (Å²) < 4.78 is 0. The quantitative estimate of drug-likeness (QED) is 0.166. The van der Waals surface area contributed by atoms with Gasteiger partial charge in [0.2, 0.25) is 0 Å². The lowest BCUT2D eigenvalue weighted by atomic mass is 9.85. The van der Waals surface area contributed by atoms with Crippen molar-refractivity contribution in [2.45, 2.75) is 91.9 Å². The number of hydrogen-bond donors (Lipinski definition) is 3. The number of benzene rings is 2. The number of rotatable bonds is 14. The summed E-state index contributed by atoms with van der Waals surface area (Å²) in [6.45, 7) is 22.3. The van der Waals surface area contributed by atoms with Gasteiger partial charge in [-0.3, -0.25) is 4.98 Å². The van der Waals surface area contributed by atoms with E-state index in [1.165, 1.54) is 95.6 Å². The Balaban J connectivity index is 0.000000992. The summed E-state index contributed by atoms with van der Waals surface area (Å²) in [5.74, 6) is 0. The van der Waals surface area contributed by atoms with Crippen LogP contribution in [0.1, 0.15) is 94.4 Å². The normalized spacial score (nSPS) is 11.7. The van der Waals surface area contributed by atoms with E-state index in [-0.39, 0.29) is 0 Å². The van der Waals surface area contributed by atoms with Crippen molar-refractivity contribution in [1.82, 2.24) is 10.3 Å². The number of pyridine rings is 1. The average Bonchev–Trinajstić information content (AvgIpc) is 2.98. The van der Waals surface area contributed by atoms with Crippen LogP contribution in [0.25, 0.3) is 16.5 Å². The Bertz CT molecular complexity index is 1330. The Morgan fingerprint density at radius 3 is 2.33 bits per heavy atom. The number of aryl methyl sites for hydroxylation is 2. The summed E-state index contributed by atoms with van der Waals surface area (Å²) in [5, 5.41) is 8.38. The fraction of sp³-hybridized carbons (Fsp3) is 0.410. The summed E-state index contributed by atoms with van der Waals surface area (Å²) in [6, 6.07) is 15.5. The second kappa shape index (κ2) is 20.2. The first kappa shape index (κ1) is 35.4. The summed E-state index contributed by atoms with van der Waals surface area (Å²) >= 11 is 0. The minimum atomic E-state index is 0.872. The van der Waals surface area contributed by atoms with E-state index in [2.05, 4.69) is 117 Å². The van der Waals surface area contributed by atoms with E-state index < -0.39 is 0 Å². The van der Waals surface area contributed by atoms with E-state index in [9.17, 15) is 0 Å². The molecule has 0 unspecified atom stereocenters. The Morgan fingerprint density at radius 2 is 1.63 bits per heavy atom. The lowest BCUT2D eigenvalue weighted by Crippen LogP contribution is -2.15. The molecule has 1 aliphatic carbocycles. The van der Waals surface area contributed by atoms with E-state index in [1.54, 1.807) is 0 Å². The highest BCUT2D eigenvalue weighted by Crippen LogP contribution is 2.32. The fourth-order valence-electron chi connectivity index (χ4n) is 5.24. The van der Waals surface area contributed by atoms with Crippen molar-refractivity contribution in [2.75, 3.05) is 18.4 Å². The number of hydrogen-bond acceptors (Lipinski definition) is 4. The average molecular weight is 581 g/mol. The van der Waals surface area contributed by atoms with Gasteiger partial charge in [0.15, 0.2) is 0 Å². The first-order valence-electron chi connectivity index (χ1n) is 16.2. The number of nitrogens with zero attached hydrogens (tertiary/aromatic N) is 1. The number of aromatic nitrogens is 1. The van der Waals surface area contributed by atoms with Crippen LogP contribution in [-0.2, 0) is 12.8 Å². The first-order chi connectivity index (χ1) is 20.9. The SMILES string of the molecule is C=C1C=C(CC(=C)NCCCCCCCCNc2ccnc3cc(C)ccc23)c2ccc(CC)cc2C1.C=CN.CCC. The van der Waals surface area contributed by atoms with Crippen molar-refractivity contribution < 1.29 is 0 Å². The molecule has 0 fully saturated rings. The van der Waals surface area contributed by atoms with Crippen LogP contribution in [0.5, 0.6) is 0 Å². The number of nitrogens with two attached hydrogens (primary N) is 1. The third kappa shape index (κ3) is 12.5. The molecule has 0 amide bonds. The largest absolute Gasteiger partial charge is 0.405 e. The molecule has 1 aliphatic rings. The number of nitrogens with one attached hydrogen (secondary N) is 2. The van der Waals surface area contributed by atoms with Crippen LogP contribution in [0.15, 0.2) is 91.9 Å². The van der Waals surface area contributed by atoms with Crippen molar-refractivity contribution in [2.24, 2.45) is 5.73 Å². The van der Waals surface area contributed by atoms with Gasteiger partial charge in [-0.2, -0.15) is 0 Å². The molecule has 43 heavy (non-hydrogen) atoms. The maximum atomic E-state index is 4.61. The molecular weight excluding hydrogens is 524 g/mol. The van der Waals surface area contributed by atoms with Crippen LogP contribution in [0.3, 0.4) is 0 Å². The zero-order chi connectivity index (χ0) is 31.5. The zero-order valence-corrected chi connectivity index (χ0v) is 27.4. The van der Waals surface area contributed by atoms with Gasteiger partial charge in [-0.25, -0.2) is 0 Å². The highest BCUT2D eigenvalue weighted by Gasteiger charge is 2.15. The molecule has 4 heteroatoms. The highest BCUT2D eigenvalue weighted by atomic mass is 14.9. The van der Waals surface area contributed by atoms with Crippen LogP contribution < -0.4 is 16.4 Å². The van der Waals surface area contributed by atoms with Crippen LogP contribution >= 0.6 is 0 Å². The molecule has 0 atom stereocenters. The van der Waals surface area contributed by atoms with Crippen LogP contribution in [0, 0.1) is 6.92 Å². The molecular formula is C39H56N4. The van der Waals surface area contributed by atoms with Gasteiger partial charge >= 0.3 is 0 Å². The zero-order valence-electron chi connectivity index (χ0n) is 27.4. The molecule has 4 nitrogen and oxygen atoms in total. The molecule has 0 spiro atoms.